The molecule has 0 radical (unpaired) electrons. The fourth-order valence-electron chi connectivity index (χ4n) is 2.56. The van der Waals surface area contributed by atoms with Gasteiger partial charge < -0.3 is 26.2 Å². The number of carboxylic acid groups (broad SMARTS) is 3. The van der Waals surface area contributed by atoms with E-state index in [2.05, 4.69) is 11.9 Å². The molecule has 1 aromatic heterocycles. The Balaban J connectivity index is 0.000000250. The predicted octanol–water partition coefficient (Wildman–Crippen LogP) is 0.521. The summed E-state index contributed by atoms with van der Waals surface area (Å²) in [5.74, 6) is -5.02. The number of carboxylic acids is 3. The molecule has 0 fully saturated rings. The lowest BCUT2D eigenvalue weighted by Crippen LogP contribution is -2.42. The molecule has 6 N–H and O–H groups in total. The normalized spacial score (nSPS) is 12.8. The number of rotatable bonds is 5. The van der Waals surface area contributed by atoms with Crippen molar-refractivity contribution in [1.82, 2.24) is 4.98 Å². The lowest BCUT2D eigenvalue weighted by Gasteiger charge is -2.18. The first-order chi connectivity index (χ1) is 11.5. The molecule has 0 atom stereocenters. The average Bonchev–Trinajstić information content (AvgIpc) is 2.92. The van der Waals surface area contributed by atoms with Gasteiger partial charge in [-0.2, -0.15) is 0 Å². The van der Waals surface area contributed by atoms with Crippen LogP contribution in [0.4, 0.5) is 5.69 Å². The van der Waals surface area contributed by atoms with Gasteiger partial charge in [-0.3, -0.25) is 14.6 Å². The van der Waals surface area contributed by atoms with Gasteiger partial charge in [0.2, 0.25) is 0 Å². The van der Waals surface area contributed by atoms with Gasteiger partial charge >= 0.3 is 17.9 Å². The third-order valence-corrected chi connectivity index (χ3v) is 4.05. The standard InChI is InChI=1S/C10H14N2.C6H8O7/c1-6-7(2)12-9-5-3-4-8(9)10(6)11;7-3(8)1-6(13,5(11)12)2-4(9)10/h3-5H2,1-2H3,(H2,11,12);13H,1-2H2,(H,7,8)(H,9,10)(H,11,12). The van der Waals surface area contributed by atoms with Crippen LogP contribution < -0.4 is 5.73 Å². The Hall–Kier alpha value is -2.68. The molecule has 0 amide bonds. The SMILES string of the molecule is Cc1nc2c(c(N)c1C)CCC2.O=C(O)CC(O)(CC(=O)O)C(=O)O. The highest BCUT2D eigenvalue weighted by Gasteiger charge is 2.40. The second kappa shape index (κ2) is 7.93. The van der Waals surface area contributed by atoms with Gasteiger partial charge in [0, 0.05) is 17.1 Å². The van der Waals surface area contributed by atoms with Crippen LogP contribution in [0.3, 0.4) is 0 Å². The molecule has 1 heterocycles. The second-order valence-electron chi connectivity index (χ2n) is 5.99. The van der Waals surface area contributed by atoms with Crippen LogP contribution in [0.5, 0.6) is 0 Å². The zero-order valence-electron chi connectivity index (χ0n) is 14.1. The molecule has 25 heavy (non-hydrogen) atoms. The number of aliphatic carboxylic acids is 3. The molecule has 0 saturated heterocycles. The van der Waals surface area contributed by atoms with E-state index in [1.165, 1.54) is 17.7 Å². The summed E-state index contributed by atoms with van der Waals surface area (Å²) in [5, 5.41) is 33.8. The van der Waals surface area contributed by atoms with Crippen LogP contribution in [0.15, 0.2) is 0 Å². The summed E-state index contributed by atoms with van der Waals surface area (Å²) < 4.78 is 0. The lowest BCUT2D eigenvalue weighted by molar-refractivity contribution is -0.170. The first-order valence-electron chi connectivity index (χ1n) is 7.61. The number of nitrogen functional groups attached to an aromatic ring is 1. The number of hydrogen-bond donors (Lipinski definition) is 5. The fourth-order valence-corrected chi connectivity index (χ4v) is 2.56. The number of aliphatic hydroxyl groups is 1. The van der Waals surface area contributed by atoms with Crippen LogP contribution >= 0.6 is 0 Å². The highest BCUT2D eigenvalue weighted by Crippen LogP contribution is 2.29. The second-order valence-corrected chi connectivity index (χ2v) is 5.99. The molecule has 2 rings (SSSR count). The van der Waals surface area contributed by atoms with Gasteiger partial charge in [0.1, 0.15) is 0 Å². The van der Waals surface area contributed by atoms with Crippen LogP contribution in [-0.4, -0.2) is 48.9 Å². The van der Waals surface area contributed by atoms with Crippen LogP contribution in [0.2, 0.25) is 0 Å². The maximum Gasteiger partial charge on any atom is 0.336 e. The summed E-state index contributed by atoms with van der Waals surface area (Å²) in [6.07, 6.45) is 1.16. The largest absolute Gasteiger partial charge is 0.481 e. The summed E-state index contributed by atoms with van der Waals surface area (Å²) in [6.45, 7) is 4.08. The van der Waals surface area contributed by atoms with E-state index in [9.17, 15) is 14.4 Å². The topological polar surface area (TPSA) is 171 Å². The minimum absolute atomic E-state index is 0.981. The average molecular weight is 354 g/mol. The van der Waals surface area contributed by atoms with Gasteiger partial charge in [-0.05, 0) is 44.2 Å². The third-order valence-electron chi connectivity index (χ3n) is 4.05. The first-order valence-corrected chi connectivity index (χ1v) is 7.61. The summed E-state index contributed by atoms with van der Waals surface area (Å²) in [7, 11) is 0. The molecule has 0 aromatic carbocycles. The molecule has 138 valence electrons. The summed E-state index contributed by atoms with van der Waals surface area (Å²) >= 11 is 0. The molecule has 0 bridgehead atoms. The van der Waals surface area contributed by atoms with E-state index >= 15 is 0 Å². The Morgan fingerprint density at radius 2 is 1.60 bits per heavy atom. The molecule has 9 heteroatoms. The number of carbonyl (C=O) groups is 3. The number of aromatic nitrogens is 1. The van der Waals surface area contributed by atoms with Crippen molar-refractivity contribution in [2.75, 3.05) is 5.73 Å². The van der Waals surface area contributed by atoms with Crippen molar-refractivity contribution >= 4 is 23.6 Å². The number of anilines is 1. The van der Waals surface area contributed by atoms with E-state index in [-0.39, 0.29) is 0 Å². The van der Waals surface area contributed by atoms with Crippen molar-refractivity contribution in [2.45, 2.75) is 51.6 Å². The van der Waals surface area contributed by atoms with Gasteiger partial charge in [0.25, 0.3) is 0 Å². The fraction of sp³-hybridized carbons (Fsp3) is 0.500. The molecule has 1 aromatic rings. The Morgan fingerprint density at radius 1 is 1.08 bits per heavy atom. The van der Waals surface area contributed by atoms with Crippen molar-refractivity contribution in [3.8, 4) is 0 Å². The number of aryl methyl sites for hydroxylation is 2. The lowest BCUT2D eigenvalue weighted by atomic mass is 9.96. The smallest absolute Gasteiger partial charge is 0.336 e. The summed E-state index contributed by atoms with van der Waals surface area (Å²) in [6, 6.07) is 0. The van der Waals surface area contributed by atoms with Crippen LogP contribution in [0.25, 0.3) is 0 Å². The first kappa shape index (κ1) is 20.4. The van der Waals surface area contributed by atoms with E-state index < -0.39 is 36.4 Å². The summed E-state index contributed by atoms with van der Waals surface area (Å²) in [5.41, 5.74) is 9.03. The van der Waals surface area contributed by atoms with Crippen LogP contribution in [0, 0.1) is 13.8 Å². The van der Waals surface area contributed by atoms with E-state index in [4.69, 9.17) is 26.2 Å². The van der Waals surface area contributed by atoms with Gasteiger partial charge in [-0.1, -0.05) is 0 Å². The Morgan fingerprint density at radius 3 is 2.04 bits per heavy atom. The van der Waals surface area contributed by atoms with E-state index in [0.29, 0.717) is 0 Å². The number of fused-ring (bicyclic) bond motifs is 1. The number of pyridine rings is 1. The van der Waals surface area contributed by atoms with Gasteiger partial charge in [-0.25, -0.2) is 4.79 Å². The third kappa shape index (κ3) is 5.15. The van der Waals surface area contributed by atoms with Crippen molar-refractivity contribution in [2.24, 2.45) is 0 Å². The van der Waals surface area contributed by atoms with Crippen molar-refractivity contribution in [3.63, 3.8) is 0 Å². The molecule has 0 saturated carbocycles. The zero-order chi connectivity index (χ0) is 19.4. The quantitative estimate of drug-likeness (QED) is 0.505. The molecule has 1 aliphatic rings. The number of nitrogens with zero attached hydrogens (tertiary/aromatic N) is 1. The number of nitrogens with two attached hydrogens (primary N) is 1. The monoisotopic (exact) mass is 354 g/mol. The van der Waals surface area contributed by atoms with Gasteiger partial charge in [0.15, 0.2) is 5.60 Å². The van der Waals surface area contributed by atoms with Crippen LogP contribution in [0.1, 0.15) is 41.8 Å². The maximum atomic E-state index is 10.3. The number of hydrogen-bond acceptors (Lipinski definition) is 6. The van der Waals surface area contributed by atoms with Crippen LogP contribution in [-0.2, 0) is 27.2 Å². The van der Waals surface area contributed by atoms with E-state index in [1.54, 1.807) is 0 Å². The van der Waals surface area contributed by atoms with Gasteiger partial charge in [-0.15, -0.1) is 0 Å². The van der Waals surface area contributed by atoms with E-state index in [1.807, 2.05) is 6.92 Å². The minimum Gasteiger partial charge on any atom is -0.481 e. The predicted molar refractivity (Wildman–Crippen MR) is 87.2 cm³/mol. The molecule has 1 aliphatic carbocycles. The minimum atomic E-state index is -2.74. The van der Waals surface area contributed by atoms with Gasteiger partial charge in [0.05, 0.1) is 12.8 Å². The summed E-state index contributed by atoms with van der Waals surface area (Å²) in [4.78, 5) is 35.0. The Labute approximate surface area is 144 Å². The molecule has 0 aliphatic heterocycles. The molecular weight excluding hydrogens is 332 g/mol. The molecule has 0 spiro atoms. The Bertz CT molecular complexity index is 684. The molecular formula is C16H22N2O7. The highest BCUT2D eigenvalue weighted by atomic mass is 16.4. The Kier molecular flexibility index (Phi) is 6.46. The zero-order valence-corrected chi connectivity index (χ0v) is 14.1. The van der Waals surface area contributed by atoms with Crippen molar-refractivity contribution in [1.29, 1.82) is 0 Å². The van der Waals surface area contributed by atoms with Crippen molar-refractivity contribution < 1.29 is 34.8 Å². The molecule has 9 nitrogen and oxygen atoms in total. The molecule has 0 unspecified atom stereocenters. The maximum absolute atomic E-state index is 10.3. The highest BCUT2D eigenvalue weighted by molar-refractivity contribution is 5.88. The van der Waals surface area contributed by atoms with Crippen molar-refractivity contribution in [3.05, 3.63) is 22.5 Å². The van der Waals surface area contributed by atoms with E-state index in [0.717, 1.165) is 29.8 Å².